The third kappa shape index (κ3) is 126. The largest absolute Gasteiger partial charge is 3.00 e. The first-order valence-corrected chi connectivity index (χ1v) is 37.5. The van der Waals surface area contributed by atoms with Crippen molar-refractivity contribution in [3.05, 3.63) is 13.8 Å². The Morgan fingerprint density at radius 1 is 0.360 bits per heavy atom. The van der Waals surface area contributed by atoms with Crippen LogP contribution in [-0.2, 0) is 43.9 Å². The van der Waals surface area contributed by atoms with Crippen LogP contribution >= 0.6 is 0 Å². The minimum Gasteiger partial charge on any atom is -0.726 e. The maximum atomic E-state index is 10.2. The quantitative estimate of drug-likeness (QED) is 0.0188. The Labute approximate surface area is 620 Å². The molecule has 0 heterocycles. The number of carbonyl (C=O) groups excluding carboxylic acids is 4. The van der Waals surface area contributed by atoms with Gasteiger partial charge in [-0.2, -0.15) is 21.3 Å². The molecule has 1 atom stereocenters. The first-order chi connectivity index (χ1) is 40.7. The van der Waals surface area contributed by atoms with E-state index in [0.717, 1.165) is 51.4 Å². The SMILES string of the molecule is CCCCCCCCCCCCCCCCCC(=O)[O-].CCCCCCCCCCCCCCCCCC(=O)[O-].CCCCCCCCCCCCOS(=O)(=O)[O-].N.O=C([O-])CC(C(=O)[O-])S(=O)(=O)O.[Al+3].[CH2-]CCCCCCC.[CH2-]CCCCCCC.[Ca+2].[Ca+2]. The van der Waals surface area contributed by atoms with Crippen LogP contribution in [0.4, 0.5) is 0 Å². The van der Waals surface area contributed by atoms with Gasteiger partial charge in [-0.3, -0.25) is 8.74 Å². The summed E-state index contributed by atoms with van der Waals surface area (Å²) in [6.07, 6.45) is 66.0. The summed E-state index contributed by atoms with van der Waals surface area (Å²) in [4.78, 5) is 40.2. The summed E-state index contributed by atoms with van der Waals surface area (Å²) in [5.41, 5.74) is 0. The first-order valence-electron chi connectivity index (χ1n) is 34.6. The molecule has 0 aromatic rings. The maximum absolute atomic E-state index is 10.2. The van der Waals surface area contributed by atoms with Crippen molar-refractivity contribution >= 4 is 137 Å². The molecule has 1 unspecified atom stereocenters. The molecule has 0 aliphatic heterocycles. The van der Waals surface area contributed by atoms with Crippen LogP contribution < -0.4 is 26.6 Å². The van der Waals surface area contributed by atoms with E-state index >= 15 is 0 Å². The molecule has 0 saturated carbocycles. The molecule has 16 nitrogen and oxygen atoms in total. The van der Waals surface area contributed by atoms with Gasteiger partial charge < -0.3 is 64.2 Å². The topological polar surface area (TPSA) is 316 Å². The van der Waals surface area contributed by atoms with Crippen LogP contribution in [0.1, 0.15) is 388 Å². The molecule has 0 rings (SSSR count). The van der Waals surface area contributed by atoms with Crippen LogP contribution in [0.25, 0.3) is 0 Å². The van der Waals surface area contributed by atoms with Gasteiger partial charge in [0, 0.05) is 24.3 Å². The fourth-order valence-electron chi connectivity index (χ4n) is 9.05. The number of carbonyl (C=O) groups is 4. The number of carboxylic acid groups (broad SMARTS) is 4. The van der Waals surface area contributed by atoms with Crippen molar-refractivity contribution in [1.82, 2.24) is 6.15 Å². The predicted molar refractivity (Wildman–Crippen MR) is 366 cm³/mol. The number of aliphatic carboxylic acids is 4. The zero-order valence-electron chi connectivity index (χ0n) is 58.3. The predicted octanol–water partition coefficient (Wildman–Crippen LogP) is 14.9. The summed E-state index contributed by atoms with van der Waals surface area (Å²) in [7, 11) is -9.43. The Hall–Kier alpha value is 0.672. The Bertz CT molecular complexity index is 1520. The van der Waals surface area contributed by atoms with Crippen LogP contribution in [0.2, 0.25) is 0 Å². The molecular weight excluding hydrogens is 1240 g/mol. The monoisotopic (exact) mass is 1380 g/mol. The Morgan fingerprint density at radius 2 is 0.551 bits per heavy atom. The Kier molecular flexibility index (Phi) is 119. The summed E-state index contributed by atoms with van der Waals surface area (Å²) in [5, 5.41) is 37.7. The molecule has 0 fully saturated rings. The second-order valence-electron chi connectivity index (χ2n) is 23.0. The van der Waals surface area contributed by atoms with Crippen molar-refractivity contribution in [2.24, 2.45) is 0 Å². The van der Waals surface area contributed by atoms with Gasteiger partial charge in [0.1, 0.15) is 5.25 Å². The Balaban J connectivity index is -0.000000108. The molecular formula is C68H136AlCa2NO15S2. The van der Waals surface area contributed by atoms with Gasteiger partial charge >= 0.3 is 92.8 Å². The van der Waals surface area contributed by atoms with Gasteiger partial charge in [0.05, 0.1) is 12.6 Å². The van der Waals surface area contributed by atoms with Gasteiger partial charge in [-0.15, -0.1) is 0 Å². The van der Waals surface area contributed by atoms with Crippen molar-refractivity contribution in [1.29, 1.82) is 0 Å². The second kappa shape index (κ2) is 95.1. The number of rotatable bonds is 58. The van der Waals surface area contributed by atoms with E-state index in [2.05, 4.69) is 52.6 Å². The Morgan fingerprint density at radius 3 is 0.697 bits per heavy atom. The minimum atomic E-state index is -4.94. The van der Waals surface area contributed by atoms with E-state index in [9.17, 15) is 61.0 Å². The summed E-state index contributed by atoms with van der Waals surface area (Å²) in [6, 6.07) is 0. The average molecular weight is 1380 g/mol. The molecule has 89 heavy (non-hydrogen) atoms. The molecule has 0 aromatic carbocycles. The van der Waals surface area contributed by atoms with Gasteiger partial charge in [-0.25, -0.2) is 8.42 Å². The van der Waals surface area contributed by atoms with Crippen molar-refractivity contribution in [2.45, 2.75) is 393 Å². The molecule has 0 saturated heterocycles. The summed E-state index contributed by atoms with van der Waals surface area (Å²) >= 11 is 0. The van der Waals surface area contributed by atoms with Crippen molar-refractivity contribution < 1.29 is 69.7 Å². The van der Waals surface area contributed by atoms with Crippen molar-refractivity contribution in [3.8, 4) is 0 Å². The van der Waals surface area contributed by atoms with E-state index in [4.69, 9.17) is 4.55 Å². The van der Waals surface area contributed by atoms with Crippen molar-refractivity contribution in [2.75, 3.05) is 6.61 Å². The maximum Gasteiger partial charge on any atom is 3.00 e. The minimum absolute atomic E-state index is 0. The van der Waals surface area contributed by atoms with E-state index in [1.54, 1.807) is 0 Å². The number of carboxylic acids is 4. The summed E-state index contributed by atoms with van der Waals surface area (Å²) in [5.74, 6) is -5.89. The van der Waals surface area contributed by atoms with Crippen LogP contribution in [0, 0.1) is 13.8 Å². The molecule has 0 aromatic heterocycles. The van der Waals surface area contributed by atoms with E-state index in [1.807, 2.05) is 0 Å². The van der Waals surface area contributed by atoms with E-state index < -0.39 is 56.1 Å². The zero-order valence-corrected chi connectivity index (χ0v) is 65.5. The van der Waals surface area contributed by atoms with Gasteiger partial charge in [-0.05, 0) is 32.1 Å². The summed E-state index contributed by atoms with van der Waals surface area (Å²) < 4.78 is 62.9. The number of hydrogen-bond acceptors (Lipinski definition) is 15. The van der Waals surface area contributed by atoms with Crippen LogP contribution in [0.5, 0.6) is 0 Å². The molecule has 0 radical (unpaired) electrons. The molecule has 4 N–H and O–H groups in total. The van der Waals surface area contributed by atoms with Gasteiger partial charge in [0.2, 0.25) is 10.4 Å². The van der Waals surface area contributed by atoms with Gasteiger partial charge in [0.25, 0.3) is 10.1 Å². The molecule has 0 amide bonds. The van der Waals surface area contributed by atoms with Gasteiger partial charge in [-0.1, -0.05) is 336 Å². The van der Waals surface area contributed by atoms with Crippen LogP contribution in [0.15, 0.2) is 0 Å². The molecule has 522 valence electrons. The second-order valence-corrected chi connectivity index (χ2v) is 25.6. The average Bonchev–Trinajstić information content (AvgIpc) is 3.66. The third-order valence-corrected chi connectivity index (χ3v) is 15.9. The van der Waals surface area contributed by atoms with Crippen molar-refractivity contribution in [3.63, 3.8) is 0 Å². The molecule has 0 spiro atoms. The summed E-state index contributed by atoms with van der Waals surface area (Å²) in [6.45, 7) is 18.8. The zero-order chi connectivity index (χ0) is 65.2. The molecule has 0 bridgehead atoms. The van der Waals surface area contributed by atoms with E-state index in [-0.39, 0.29) is 118 Å². The smallest absolute Gasteiger partial charge is 0.726 e. The van der Waals surface area contributed by atoms with Crippen LogP contribution in [0.3, 0.4) is 0 Å². The third-order valence-electron chi connectivity index (χ3n) is 14.4. The van der Waals surface area contributed by atoms with Gasteiger partial charge in [0.15, 0.2) is 0 Å². The fourth-order valence-corrected chi connectivity index (χ4v) is 9.97. The van der Waals surface area contributed by atoms with E-state index in [0.29, 0.717) is 6.42 Å². The fraction of sp³-hybridized carbons (Fsp3) is 0.912. The van der Waals surface area contributed by atoms with E-state index in [1.165, 1.54) is 276 Å². The van der Waals surface area contributed by atoms with Crippen LogP contribution in [-0.4, -0.2) is 155 Å². The first kappa shape index (κ1) is 111. The molecule has 21 heteroatoms. The normalized spacial score (nSPS) is 10.8. The molecule has 0 aliphatic carbocycles. The number of hydrogen-bond donors (Lipinski definition) is 2. The number of unbranched alkanes of at least 4 members (excludes halogenated alkanes) is 47. The molecule has 0 aliphatic rings. The standard InChI is InChI=1S/2C18H36O2.C12H26O4S.2C8H17.C4H6O7S.Al.2Ca.H3N/c2*1-2-3-4-5-6-7-8-9-10-11-12-13-14-15-16-17-18(19)20;1-2-3-4-5-6-7-8-9-10-11-12-16-17(13,14)15;2*1-3-5-7-8-6-4-2;5-3(6)1-2(4(7)8)12(9,10)11;;;;/h2*2-17H2,1H3,(H,19,20);2-12H2,1H3,(H,13,14,15);2*1,3-8H2,2H3;2H,1H2,(H,5,6)(H,7,8)(H,9,10,11);;;;1H3/q;;;2*-1;;+3;2*+2;/p-5.